The molecule has 3 nitrogen and oxygen atoms in total. The number of hydrogen-bond donors (Lipinski definition) is 1. The van der Waals surface area contributed by atoms with Crippen LogP contribution in [0.1, 0.15) is 30.0 Å². The number of benzene rings is 1. The Hall–Kier alpha value is -0.880. The maximum absolute atomic E-state index is 10.4. The molecule has 0 radical (unpaired) electrons. The molecule has 0 fully saturated rings. The van der Waals surface area contributed by atoms with Gasteiger partial charge in [0.25, 0.3) is 0 Å². The second-order valence-electron chi connectivity index (χ2n) is 4.33. The van der Waals surface area contributed by atoms with Crippen molar-refractivity contribution in [3.05, 3.63) is 51.1 Å². The Kier molecular flexibility index (Phi) is 4.40. The molecule has 18 heavy (non-hydrogen) atoms. The van der Waals surface area contributed by atoms with Gasteiger partial charge in [0.05, 0.1) is 6.10 Å². The van der Waals surface area contributed by atoms with E-state index in [1.165, 1.54) is 5.56 Å². The number of imidazole rings is 1. The zero-order valence-corrected chi connectivity index (χ0v) is 12.8. The number of aliphatic hydroxyl groups is 1. The van der Waals surface area contributed by atoms with Crippen molar-refractivity contribution in [1.29, 1.82) is 0 Å². The van der Waals surface area contributed by atoms with Crippen LogP contribution < -0.4 is 0 Å². The zero-order valence-electron chi connectivity index (χ0n) is 10.6. The second kappa shape index (κ2) is 5.84. The third kappa shape index (κ3) is 2.75. The van der Waals surface area contributed by atoms with Crippen LogP contribution in [0.25, 0.3) is 0 Å². The summed E-state index contributed by atoms with van der Waals surface area (Å²) in [7, 11) is 0. The van der Waals surface area contributed by atoms with E-state index in [4.69, 9.17) is 0 Å². The molecule has 0 spiro atoms. The van der Waals surface area contributed by atoms with Gasteiger partial charge in [0.15, 0.2) is 0 Å². The lowest BCUT2D eigenvalue weighted by Gasteiger charge is -2.14. The molecule has 0 aliphatic heterocycles. The number of halogens is 1. The maximum Gasteiger partial charge on any atom is 0.111 e. The van der Waals surface area contributed by atoms with E-state index < -0.39 is 6.10 Å². The fraction of sp³-hybridized carbons (Fsp3) is 0.357. The topological polar surface area (TPSA) is 38.0 Å². The van der Waals surface area contributed by atoms with Crippen molar-refractivity contribution in [2.24, 2.45) is 0 Å². The van der Waals surface area contributed by atoms with E-state index in [0.29, 0.717) is 6.42 Å². The van der Waals surface area contributed by atoms with Crippen molar-refractivity contribution >= 4 is 22.6 Å². The Morgan fingerprint density at radius 3 is 2.94 bits per heavy atom. The summed E-state index contributed by atoms with van der Waals surface area (Å²) >= 11 is 2.29. The Bertz CT molecular complexity index is 536. The van der Waals surface area contributed by atoms with Gasteiger partial charge in [-0.3, -0.25) is 0 Å². The number of nitrogens with zero attached hydrogens (tertiary/aromatic N) is 2. The molecule has 0 bridgehead atoms. The van der Waals surface area contributed by atoms with Gasteiger partial charge in [-0.15, -0.1) is 0 Å². The largest absolute Gasteiger partial charge is 0.388 e. The SMILES string of the molecule is CCn1ccnc1CC(O)c1cccc(C)c1I. The number of aliphatic hydroxyl groups excluding tert-OH is 1. The van der Waals surface area contributed by atoms with Crippen molar-refractivity contribution in [3.8, 4) is 0 Å². The number of aryl methyl sites for hydroxylation is 2. The van der Waals surface area contributed by atoms with E-state index in [9.17, 15) is 5.11 Å². The molecule has 1 heterocycles. The molecule has 1 unspecified atom stereocenters. The summed E-state index contributed by atoms with van der Waals surface area (Å²) < 4.78 is 3.20. The second-order valence-corrected chi connectivity index (χ2v) is 5.41. The van der Waals surface area contributed by atoms with Crippen LogP contribution in [0.2, 0.25) is 0 Å². The molecule has 0 saturated heterocycles. The first-order valence-corrected chi connectivity index (χ1v) is 7.14. The number of aromatic nitrogens is 2. The number of hydrogen-bond acceptors (Lipinski definition) is 2. The van der Waals surface area contributed by atoms with E-state index in [0.717, 1.165) is 21.5 Å². The highest BCUT2D eigenvalue weighted by Gasteiger charge is 2.15. The van der Waals surface area contributed by atoms with Crippen LogP contribution >= 0.6 is 22.6 Å². The van der Waals surface area contributed by atoms with E-state index in [-0.39, 0.29) is 0 Å². The smallest absolute Gasteiger partial charge is 0.111 e. The average molecular weight is 356 g/mol. The first-order chi connectivity index (χ1) is 8.63. The summed E-state index contributed by atoms with van der Waals surface area (Å²) in [4.78, 5) is 4.31. The predicted molar refractivity (Wildman–Crippen MR) is 80.5 cm³/mol. The lowest BCUT2D eigenvalue weighted by atomic mass is 10.0. The van der Waals surface area contributed by atoms with E-state index in [1.807, 2.05) is 18.3 Å². The van der Waals surface area contributed by atoms with Gasteiger partial charge in [-0.1, -0.05) is 18.2 Å². The molecule has 1 atom stereocenters. The predicted octanol–water partition coefficient (Wildman–Crippen LogP) is 3.09. The van der Waals surface area contributed by atoms with Crippen LogP contribution in [-0.4, -0.2) is 14.7 Å². The Morgan fingerprint density at radius 1 is 1.44 bits per heavy atom. The van der Waals surface area contributed by atoms with Crippen molar-refractivity contribution in [2.75, 3.05) is 0 Å². The fourth-order valence-corrected chi connectivity index (χ4v) is 2.75. The fourth-order valence-electron chi connectivity index (χ4n) is 2.03. The van der Waals surface area contributed by atoms with E-state index in [1.54, 1.807) is 6.20 Å². The average Bonchev–Trinajstić information content (AvgIpc) is 2.79. The minimum absolute atomic E-state index is 0.496. The Balaban J connectivity index is 2.22. The van der Waals surface area contributed by atoms with Crippen LogP contribution in [0.15, 0.2) is 30.6 Å². The van der Waals surface area contributed by atoms with Gasteiger partial charge in [0.1, 0.15) is 5.82 Å². The molecule has 4 heteroatoms. The standard InChI is InChI=1S/C14H17IN2O/c1-3-17-8-7-16-13(17)9-12(18)11-6-4-5-10(2)14(11)15/h4-8,12,18H,3,9H2,1-2H3. The van der Waals surface area contributed by atoms with Gasteiger partial charge in [0, 0.05) is 28.9 Å². The van der Waals surface area contributed by atoms with Crippen LogP contribution in [-0.2, 0) is 13.0 Å². The molecule has 2 rings (SSSR count). The quantitative estimate of drug-likeness (QED) is 0.855. The first kappa shape index (κ1) is 13.5. The summed E-state index contributed by atoms with van der Waals surface area (Å²) in [5.41, 5.74) is 2.19. The minimum Gasteiger partial charge on any atom is -0.388 e. The van der Waals surface area contributed by atoms with Gasteiger partial charge in [-0.05, 0) is 47.6 Å². The summed E-state index contributed by atoms with van der Waals surface area (Å²) in [5, 5.41) is 10.4. The molecular formula is C14H17IN2O. The molecule has 1 aromatic carbocycles. The molecule has 0 aliphatic rings. The van der Waals surface area contributed by atoms with Gasteiger partial charge in [0.2, 0.25) is 0 Å². The lowest BCUT2D eigenvalue weighted by Crippen LogP contribution is -2.09. The van der Waals surface area contributed by atoms with Crippen molar-refractivity contribution < 1.29 is 5.11 Å². The van der Waals surface area contributed by atoms with Crippen LogP contribution in [0.4, 0.5) is 0 Å². The molecule has 2 aromatic rings. The van der Waals surface area contributed by atoms with E-state index in [2.05, 4.69) is 52.1 Å². The van der Waals surface area contributed by atoms with Gasteiger partial charge < -0.3 is 9.67 Å². The zero-order chi connectivity index (χ0) is 13.1. The highest BCUT2D eigenvalue weighted by molar-refractivity contribution is 14.1. The molecule has 1 aromatic heterocycles. The van der Waals surface area contributed by atoms with Crippen molar-refractivity contribution in [3.63, 3.8) is 0 Å². The molecule has 1 N–H and O–H groups in total. The van der Waals surface area contributed by atoms with Gasteiger partial charge in [-0.25, -0.2) is 4.98 Å². The van der Waals surface area contributed by atoms with Gasteiger partial charge >= 0.3 is 0 Å². The molecular weight excluding hydrogens is 339 g/mol. The molecule has 96 valence electrons. The van der Waals surface area contributed by atoms with Crippen LogP contribution in [0.5, 0.6) is 0 Å². The van der Waals surface area contributed by atoms with E-state index >= 15 is 0 Å². The molecule has 0 aliphatic carbocycles. The third-order valence-corrected chi connectivity index (χ3v) is 4.57. The summed E-state index contributed by atoms with van der Waals surface area (Å²) in [6.45, 7) is 5.02. The van der Waals surface area contributed by atoms with Gasteiger partial charge in [-0.2, -0.15) is 0 Å². The highest BCUT2D eigenvalue weighted by atomic mass is 127. The summed E-state index contributed by atoms with van der Waals surface area (Å²) in [6, 6.07) is 6.03. The highest BCUT2D eigenvalue weighted by Crippen LogP contribution is 2.25. The third-order valence-electron chi connectivity index (χ3n) is 3.10. The summed E-state index contributed by atoms with van der Waals surface area (Å²) in [6.07, 6.45) is 3.79. The lowest BCUT2D eigenvalue weighted by molar-refractivity contribution is 0.173. The monoisotopic (exact) mass is 356 g/mol. The van der Waals surface area contributed by atoms with Crippen LogP contribution in [0, 0.1) is 10.5 Å². The first-order valence-electron chi connectivity index (χ1n) is 6.06. The molecule has 0 amide bonds. The normalized spacial score (nSPS) is 12.7. The van der Waals surface area contributed by atoms with Crippen molar-refractivity contribution in [2.45, 2.75) is 32.9 Å². The number of rotatable bonds is 4. The minimum atomic E-state index is -0.496. The Morgan fingerprint density at radius 2 is 2.22 bits per heavy atom. The molecule has 0 saturated carbocycles. The summed E-state index contributed by atoms with van der Waals surface area (Å²) in [5.74, 6) is 0.933. The maximum atomic E-state index is 10.4. The van der Waals surface area contributed by atoms with Crippen molar-refractivity contribution in [1.82, 2.24) is 9.55 Å². The Labute approximate surface area is 121 Å². The van der Waals surface area contributed by atoms with Crippen LogP contribution in [0.3, 0.4) is 0 Å².